The number of likely N-dealkylation sites (tertiary alicyclic amines) is 1. The maximum absolute atomic E-state index is 14.6. The molecule has 6 aromatic rings. The summed E-state index contributed by atoms with van der Waals surface area (Å²) in [6.07, 6.45) is 11.1. The SMILES string of the molecule is Fc1ccccc1-c1cncc2[nH]c(-c3n[nH]c4cnc(-c5cncc(OCCN6CCCC6)c5)cc34)nc12. The highest BCUT2D eigenvalue weighted by Gasteiger charge is 2.18. The highest BCUT2D eigenvalue weighted by molar-refractivity contribution is 5.97. The minimum Gasteiger partial charge on any atom is -0.491 e. The van der Waals surface area contributed by atoms with E-state index in [4.69, 9.17) is 9.72 Å². The number of halogens is 1. The van der Waals surface area contributed by atoms with Crippen LogP contribution in [0.2, 0.25) is 0 Å². The quantitative estimate of drug-likeness (QED) is 0.296. The average Bonchev–Trinajstić information content (AvgIpc) is 3.73. The van der Waals surface area contributed by atoms with E-state index >= 15 is 0 Å². The van der Waals surface area contributed by atoms with Gasteiger partial charge in [0.1, 0.15) is 29.4 Å². The molecule has 194 valence electrons. The molecule has 9 nitrogen and oxygen atoms in total. The van der Waals surface area contributed by atoms with Crippen molar-refractivity contribution in [1.29, 1.82) is 0 Å². The number of pyridine rings is 3. The Hall–Kier alpha value is -4.70. The van der Waals surface area contributed by atoms with Crippen molar-refractivity contribution < 1.29 is 9.13 Å². The molecule has 0 amide bonds. The van der Waals surface area contributed by atoms with Crippen molar-refractivity contribution in [3.63, 3.8) is 0 Å². The van der Waals surface area contributed by atoms with Crippen molar-refractivity contribution in [1.82, 2.24) is 40.0 Å². The van der Waals surface area contributed by atoms with Crippen molar-refractivity contribution in [2.24, 2.45) is 0 Å². The summed E-state index contributed by atoms with van der Waals surface area (Å²) in [5, 5.41) is 8.40. The maximum Gasteiger partial charge on any atom is 0.159 e. The molecule has 1 saturated heterocycles. The van der Waals surface area contributed by atoms with Crippen molar-refractivity contribution in [2.75, 3.05) is 26.2 Å². The molecule has 5 aromatic heterocycles. The van der Waals surface area contributed by atoms with Crippen molar-refractivity contribution in [3.05, 3.63) is 73.2 Å². The van der Waals surface area contributed by atoms with E-state index in [2.05, 4.69) is 35.0 Å². The highest BCUT2D eigenvalue weighted by atomic mass is 19.1. The lowest BCUT2D eigenvalue weighted by atomic mass is 10.1. The van der Waals surface area contributed by atoms with Gasteiger partial charge in [-0.15, -0.1) is 0 Å². The normalized spacial score (nSPS) is 14.0. The average molecular weight is 521 g/mol. The topological polar surface area (TPSA) is 108 Å². The van der Waals surface area contributed by atoms with Crippen LogP contribution in [0.25, 0.3) is 55.8 Å². The first-order valence-electron chi connectivity index (χ1n) is 13.0. The predicted octanol–water partition coefficient (Wildman–Crippen LogP) is 5.24. The molecule has 0 radical (unpaired) electrons. The Labute approximate surface area is 223 Å². The van der Waals surface area contributed by atoms with E-state index in [9.17, 15) is 4.39 Å². The van der Waals surface area contributed by atoms with Gasteiger partial charge in [0.15, 0.2) is 5.82 Å². The summed E-state index contributed by atoms with van der Waals surface area (Å²) in [5.74, 6) is 0.940. The standard InChI is InChI=1S/C29H25FN8O/c30-23-6-2-1-5-20(23)22-15-32-16-26-27(22)35-29(34-26)28-21-12-24(33-17-25(21)36-37-28)18-11-19(14-31-13-18)39-10-9-38-7-3-4-8-38/h1-2,5-6,11-17H,3-4,7-10H2,(H,34,35)(H,36,37). The minimum atomic E-state index is -0.326. The Bertz CT molecular complexity index is 1790. The predicted molar refractivity (Wildman–Crippen MR) is 147 cm³/mol. The highest BCUT2D eigenvalue weighted by Crippen LogP contribution is 2.33. The summed E-state index contributed by atoms with van der Waals surface area (Å²) in [6.45, 7) is 3.83. The molecule has 1 aromatic carbocycles. The third kappa shape index (κ3) is 4.48. The number of ether oxygens (including phenoxy) is 1. The van der Waals surface area contributed by atoms with E-state index in [1.165, 1.54) is 18.9 Å². The second kappa shape index (κ2) is 9.88. The number of rotatable bonds is 7. The molecule has 10 heteroatoms. The number of hydrogen-bond acceptors (Lipinski definition) is 7. The molecule has 7 rings (SSSR count). The smallest absolute Gasteiger partial charge is 0.159 e. The van der Waals surface area contributed by atoms with E-state index in [0.717, 1.165) is 41.8 Å². The van der Waals surface area contributed by atoms with Crippen LogP contribution in [-0.2, 0) is 0 Å². The number of nitrogens with one attached hydrogen (secondary N) is 2. The van der Waals surface area contributed by atoms with Crippen LogP contribution < -0.4 is 4.74 Å². The maximum atomic E-state index is 14.6. The minimum absolute atomic E-state index is 0.326. The summed E-state index contributed by atoms with van der Waals surface area (Å²) in [7, 11) is 0. The molecular weight excluding hydrogens is 495 g/mol. The molecule has 0 spiro atoms. The number of benzene rings is 1. The number of nitrogens with zero attached hydrogens (tertiary/aromatic N) is 6. The van der Waals surface area contributed by atoms with E-state index in [1.807, 2.05) is 12.1 Å². The molecule has 0 aliphatic carbocycles. The van der Waals surface area contributed by atoms with Gasteiger partial charge >= 0.3 is 0 Å². The lowest BCUT2D eigenvalue weighted by molar-refractivity contribution is 0.237. The molecule has 2 N–H and O–H groups in total. The van der Waals surface area contributed by atoms with Gasteiger partial charge in [-0.25, -0.2) is 9.37 Å². The van der Waals surface area contributed by atoms with Gasteiger partial charge in [0, 0.05) is 41.0 Å². The first-order chi connectivity index (χ1) is 19.2. The number of hydrogen-bond donors (Lipinski definition) is 2. The molecule has 39 heavy (non-hydrogen) atoms. The van der Waals surface area contributed by atoms with Gasteiger partial charge in [-0.3, -0.25) is 25.0 Å². The number of imidazole rings is 1. The summed E-state index contributed by atoms with van der Waals surface area (Å²) < 4.78 is 20.5. The molecule has 0 atom stereocenters. The van der Waals surface area contributed by atoms with Crippen LogP contribution in [0.5, 0.6) is 5.75 Å². The fourth-order valence-corrected chi connectivity index (χ4v) is 5.11. The van der Waals surface area contributed by atoms with Crippen molar-refractivity contribution >= 4 is 21.9 Å². The summed E-state index contributed by atoms with van der Waals surface area (Å²) >= 11 is 0. The van der Waals surface area contributed by atoms with E-state index in [1.54, 1.807) is 49.2 Å². The van der Waals surface area contributed by atoms with E-state index in [0.29, 0.717) is 46.0 Å². The monoisotopic (exact) mass is 520 g/mol. The number of fused-ring (bicyclic) bond motifs is 2. The lowest BCUT2D eigenvalue weighted by Gasteiger charge is -2.15. The zero-order chi connectivity index (χ0) is 26.2. The van der Waals surface area contributed by atoms with Crippen LogP contribution in [0.1, 0.15) is 12.8 Å². The molecule has 1 fully saturated rings. The molecule has 1 aliphatic rings. The molecule has 6 heterocycles. The van der Waals surface area contributed by atoms with E-state index < -0.39 is 0 Å². The van der Waals surface area contributed by atoms with Gasteiger partial charge in [0.05, 0.1) is 35.3 Å². The lowest BCUT2D eigenvalue weighted by Crippen LogP contribution is -2.25. The van der Waals surface area contributed by atoms with Crippen LogP contribution in [0, 0.1) is 5.82 Å². The third-order valence-corrected chi connectivity index (χ3v) is 7.11. The van der Waals surface area contributed by atoms with Crippen LogP contribution in [0.15, 0.2) is 67.4 Å². The van der Waals surface area contributed by atoms with Crippen LogP contribution in [0.4, 0.5) is 4.39 Å². The van der Waals surface area contributed by atoms with Gasteiger partial charge in [-0.2, -0.15) is 5.10 Å². The summed E-state index contributed by atoms with van der Waals surface area (Å²) in [5.41, 5.74) is 5.37. The third-order valence-electron chi connectivity index (χ3n) is 7.11. The Morgan fingerprint density at radius 3 is 2.69 bits per heavy atom. The largest absolute Gasteiger partial charge is 0.491 e. The number of aromatic amines is 2. The molecular formula is C29H25FN8O. The summed E-state index contributed by atoms with van der Waals surface area (Å²) in [4.78, 5) is 23.8. The molecule has 0 unspecified atom stereocenters. The number of H-pyrrole nitrogens is 2. The van der Waals surface area contributed by atoms with Gasteiger partial charge in [-0.1, -0.05) is 18.2 Å². The Balaban J connectivity index is 1.21. The zero-order valence-corrected chi connectivity index (χ0v) is 21.1. The molecule has 0 saturated carbocycles. The molecule has 0 bridgehead atoms. The van der Waals surface area contributed by atoms with Gasteiger partial charge in [0.2, 0.25) is 0 Å². The first kappa shape index (κ1) is 23.4. The van der Waals surface area contributed by atoms with E-state index in [-0.39, 0.29) is 5.82 Å². The zero-order valence-electron chi connectivity index (χ0n) is 21.1. The second-order valence-corrected chi connectivity index (χ2v) is 9.64. The Morgan fingerprint density at radius 1 is 0.923 bits per heavy atom. The van der Waals surface area contributed by atoms with Gasteiger partial charge in [-0.05, 0) is 44.1 Å². The van der Waals surface area contributed by atoms with Crippen LogP contribution in [-0.4, -0.2) is 66.3 Å². The fourth-order valence-electron chi connectivity index (χ4n) is 5.11. The first-order valence-corrected chi connectivity index (χ1v) is 13.0. The van der Waals surface area contributed by atoms with Crippen LogP contribution >= 0.6 is 0 Å². The second-order valence-electron chi connectivity index (χ2n) is 9.64. The van der Waals surface area contributed by atoms with Crippen LogP contribution in [0.3, 0.4) is 0 Å². The van der Waals surface area contributed by atoms with Crippen molar-refractivity contribution in [3.8, 4) is 39.7 Å². The summed E-state index contributed by atoms with van der Waals surface area (Å²) in [6, 6.07) is 10.5. The Kier molecular flexibility index (Phi) is 5.93. The van der Waals surface area contributed by atoms with Gasteiger partial charge < -0.3 is 9.72 Å². The fraction of sp³-hybridized carbons (Fsp3) is 0.207. The Morgan fingerprint density at radius 2 is 1.79 bits per heavy atom. The molecule has 1 aliphatic heterocycles. The number of aromatic nitrogens is 7. The van der Waals surface area contributed by atoms with Crippen molar-refractivity contribution in [2.45, 2.75) is 12.8 Å². The van der Waals surface area contributed by atoms with Gasteiger partial charge in [0.25, 0.3) is 0 Å².